The average Bonchev–Trinajstić information content (AvgIpc) is 3.89. The van der Waals surface area contributed by atoms with Gasteiger partial charge >= 0.3 is 0 Å². The molecular formula is C53H62N2O. The number of nitrogens with zero attached hydrogens (tertiary/aromatic N) is 2. The monoisotopic (exact) mass is 742 g/mol. The molecule has 56 heavy (non-hydrogen) atoms. The Hall–Kier alpha value is -3.82. The summed E-state index contributed by atoms with van der Waals surface area (Å²) < 4.78 is 6.35. The van der Waals surface area contributed by atoms with Gasteiger partial charge in [0, 0.05) is 53.5 Å². The highest BCUT2D eigenvalue weighted by Crippen LogP contribution is 2.65. The Morgan fingerprint density at radius 3 is 2.46 bits per heavy atom. The molecule has 4 fully saturated rings. The number of anilines is 1. The van der Waals surface area contributed by atoms with Gasteiger partial charge in [-0.25, -0.2) is 0 Å². The summed E-state index contributed by atoms with van der Waals surface area (Å²) in [4.78, 5) is 5.70. The highest BCUT2D eigenvalue weighted by Gasteiger charge is 2.64. The maximum atomic E-state index is 6.35. The standard InChI is InChI=1S/C53H62N2O/c1-53-30-29-37(36-13-4-2-5-14-36)24-27-49(53)52(53)55(44-25-28-51-48(33-44)45-20-9-8-15-40(45)35-56-51)43-19-12-16-38(32-43)39-23-26-46-41(31-39)34-54(42-17-6-3-7-18-42)50-22-11-10-21-47(46)50/h8-12,15,19-23,25-26,28,31-33,36-38,42,47,49-50,52H,2-7,13-14,16-18,24,27,29-30,34-35H2,1H3/t37?,38?,47-,49?,50?,52?,53?/m1/s1. The molecule has 0 bridgehead atoms. The molecule has 3 aromatic rings. The lowest BCUT2D eigenvalue weighted by Crippen LogP contribution is -2.48. The van der Waals surface area contributed by atoms with Crippen molar-refractivity contribution >= 4 is 5.69 Å². The summed E-state index contributed by atoms with van der Waals surface area (Å²) in [6, 6.07) is 25.3. The Kier molecular flexibility index (Phi) is 9.17. The van der Waals surface area contributed by atoms with Gasteiger partial charge in [0.1, 0.15) is 12.4 Å². The van der Waals surface area contributed by atoms with Gasteiger partial charge in [0.2, 0.25) is 0 Å². The van der Waals surface area contributed by atoms with Crippen LogP contribution in [0.5, 0.6) is 5.75 Å². The van der Waals surface area contributed by atoms with Crippen molar-refractivity contribution in [1.82, 2.24) is 4.90 Å². The van der Waals surface area contributed by atoms with Crippen LogP contribution in [-0.2, 0) is 13.2 Å². The first-order chi connectivity index (χ1) is 27.6. The number of hydrogen-bond donors (Lipinski definition) is 0. The molecule has 4 saturated carbocycles. The van der Waals surface area contributed by atoms with Crippen LogP contribution in [0.1, 0.15) is 137 Å². The van der Waals surface area contributed by atoms with Crippen molar-refractivity contribution in [3.8, 4) is 16.9 Å². The molecular weight excluding hydrogens is 681 g/mol. The second-order valence-corrected chi connectivity index (χ2v) is 19.4. The number of hydrogen-bond acceptors (Lipinski definition) is 3. The molecule has 0 saturated heterocycles. The predicted octanol–water partition coefficient (Wildman–Crippen LogP) is 13.2. The van der Waals surface area contributed by atoms with Gasteiger partial charge < -0.3 is 9.64 Å². The van der Waals surface area contributed by atoms with Crippen LogP contribution in [0.2, 0.25) is 0 Å². The predicted molar refractivity (Wildman–Crippen MR) is 231 cm³/mol. The lowest BCUT2D eigenvalue weighted by molar-refractivity contribution is 0.0988. The zero-order valence-electron chi connectivity index (χ0n) is 33.8. The first-order valence-corrected chi connectivity index (χ1v) is 22.9. The van der Waals surface area contributed by atoms with Gasteiger partial charge in [0.05, 0.1) is 0 Å². The van der Waals surface area contributed by atoms with E-state index in [2.05, 4.69) is 120 Å². The molecule has 290 valence electrons. The van der Waals surface area contributed by atoms with Crippen molar-refractivity contribution in [2.45, 2.75) is 146 Å². The number of fused-ring (bicyclic) bond motifs is 7. The molecule has 3 aromatic carbocycles. The molecule has 0 amide bonds. The van der Waals surface area contributed by atoms with E-state index in [-0.39, 0.29) is 0 Å². The van der Waals surface area contributed by atoms with Crippen LogP contribution in [0.4, 0.5) is 5.69 Å². The maximum absolute atomic E-state index is 6.35. The molecule has 3 nitrogen and oxygen atoms in total. The van der Waals surface area contributed by atoms with Gasteiger partial charge in [-0.2, -0.15) is 0 Å². The van der Waals surface area contributed by atoms with E-state index in [1.165, 1.54) is 124 Å². The molecule has 2 heterocycles. The van der Waals surface area contributed by atoms with Crippen LogP contribution in [-0.4, -0.2) is 23.0 Å². The van der Waals surface area contributed by atoms with Gasteiger partial charge in [-0.1, -0.05) is 137 Å². The molecule has 11 rings (SSSR count). The smallest absolute Gasteiger partial charge is 0.127 e. The second-order valence-electron chi connectivity index (χ2n) is 19.4. The molecule has 6 unspecified atom stereocenters. The Morgan fingerprint density at radius 2 is 1.57 bits per heavy atom. The van der Waals surface area contributed by atoms with Crippen molar-refractivity contribution in [3.05, 3.63) is 131 Å². The van der Waals surface area contributed by atoms with E-state index in [1.54, 1.807) is 11.1 Å². The number of ether oxygens (including phenoxy) is 1. The summed E-state index contributed by atoms with van der Waals surface area (Å²) in [5, 5.41) is 0. The molecule has 6 aliphatic carbocycles. The second kappa shape index (κ2) is 14.5. The SMILES string of the molecule is CC12CCC(C3CCCCC3)CCC1C2N(C1=CC(c2ccc3c(c2)CN(C2CCCCC2)C2C=CC=C[C@H]32)CC=C1)c1ccc2c(c1)-c1ccccc1CO2. The number of allylic oxidation sites excluding steroid dienone is 5. The quantitative estimate of drug-likeness (QED) is 0.250. The van der Waals surface area contributed by atoms with Crippen molar-refractivity contribution < 1.29 is 4.74 Å². The molecule has 0 radical (unpaired) electrons. The Morgan fingerprint density at radius 1 is 0.750 bits per heavy atom. The minimum atomic E-state index is 0.349. The molecule has 3 heteroatoms. The van der Waals surface area contributed by atoms with E-state index in [0.29, 0.717) is 42.0 Å². The molecule has 0 N–H and O–H groups in total. The van der Waals surface area contributed by atoms with Gasteiger partial charge in [0.15, 0.2) is 0 Å². The molecule has 8 aliphatic rings. The third kappa shape index (κ3) is 6.18. The Labute approximate surface area is 336 Å². The fourth-order valence-electron chi connectivity index (χ4n) is 13.2. The van der Waals surface area contributed by atoms with Gasteiger partial charge in [-0.05, 0) is 120 Å². The summed E-state index contributed by atoms with van der Waals surface area (Å²) in [6.07, 6.45) is 38.1. The van der Waals surface area contributed by atoms with E-state index in [9.17, 15) is 0 Å². The van der Waals surface area contributed by atoms with E-state index in [4.69, 9.17) is 4.74 Å². The summed E-state index contributed by atoms with van der Waals surface area (Å²) in [6.45, 7) is 4.39. The van der Waals surface area contributed by atoms with Crippen molar-refractivity contribution in [3.63, 3.8) is 0 Å². The molecule has 0 aromatic heterocycles. The molecule has 7 atom stereocenters. The van der Waals surface area contributed by atoms with Crippen molar-refractivity contribution in [2.75, 3.05) is 4.90 Å². The van der Waals surface area contributed by atoms with Gasteiger partial charge in [0.25, 0.3) is 0 Å². The zero-order valence-corrected chi connectivity index (χ0v) is 33.8. The van der Waals surface area contributed by atoms with Crippen LogP contribution < -0.4 is 9.64 Å². The fourth-order valence-corrected chi connectivity index (χ4v) is 13.2. The summed E-state index contributed by atoms with van der Waals surface area (Å²) in [5.74, 6) is 4.52. The fraction of sp³-hybridized carbons (Fsp3) is 0.509. The van der Waals surface area contributed by atoms with Gasteiger partial charge in [-0.15, -0.1) is 0 Å². The molecule has 2 aliphatic heterocycles. The van der Waals surface area contributed by atoms with E-state index in [0.717, 1.165) is 36.5 Å². The normalized spacial score (nSPS) is 32.5. The number of rotatable bonds is 6. The zero-order chi connectivity index (χ0) is 37.2. The van der Waals surface area contributed by atoms with Crippen LogP contribution in [0.15, 0.2) is 109 Å². The number of benzene rings is 3. The summed E-state index contributed by atoms with van der Waals surface area (Å²) >= 11 is 0. The van der Waals surface area contributed by atoms with Crippen molar-refractivity contribution in [2.24, 2.45) is 23.2 Å². The van der Waals surface area contributed by atoms with Gasteiger partial charge in [-0.3, -0.25) is 4.90 Å². The minimum Gasteiger partial charge on any atom is -0.488 e. The van der Waals surface area contributed by atoms with Crippen molar-refractivity contribution in [1.29, 1.82) is 0 Å². The van der Waals surface area contributed by atoms with Crippen LogP contribution in [0.3, 0.4) is 0 Å². The Balaban J connectivity index is 0.937. The first kappa shape index (κ1) is 35.4. The lowest BCUT2D eigenvalue weighted by Gasteiger charge is -2.46. The van der Waals surface area contributed by atoms with E-state index >= 15 is 0 Å². The van der Waals surface area contributed by atoms with Crippen LogP contribution in [0.25, 0.3) is 11.1 Å². The minimum absolute atomic E-state index is 0.349. The molecule has 0 spiro atoms. The van der Waals surface area contributed by atoms with Crippen LogP contribution >= 0.6 is 0 Å². The highest BCUT2D eigenvalue weighted by atomic mass is 16.5. The third-order valence-electron chi connectivity index (χ3n) is 16.4. The topological polar surface area (TPSA) is 15.7 Å². The van der Waals surface area contributed by atoms with E-state index < -0.39 is 0 Å². The highest BCUT2D eigenvalue weighted by molar-refractivity contribution is 5.79. The maximum Gasteiger partial charge on any atom is 0.127 e. The average molecular weight is 743 g/mol. The summed E-state index contributed by atoms with van der Waals surface area (Å²) in [7, 11) is 0. The Bertz CT molecular complexity index is 2080. The summed E-state index contributed by atoms with van der Waals surface area (Å²) in [5.41, 5.74) is 11.6. The largest absolute Gasteiger partial charge is 0.488 e. The van der Waals surface area contributed by atoms with E-state index in [1.807, 2.05) is 0 Å². The third-order valence-corrected chi connectivity index (χ3v) is 16.4. The van der Waals surface area contributed by atoms with Crippen LogP contribution in [0, 0.1) is 23.2 Å². The first-order valence-electron chi connectivity index (χ1n) is 22.9. The lowest BCUT2D eigenvalue weighted by atomic mass is 9.76.